The molecular formula is C7H10N2O4. The lowest BCUT2D eigenvalue weighted by Gasteiger charge is -2.02. The van der Waals surface area contributed by atoms with E-state index in [1.54, 1.807) is 6.92 Å². The van der Waals surface area contributed by atoms with Crippen LogP contribution in [0.1, 0.15) is 11.3 Å². The first kappa shape index (κ1) is 8.06. The molecule has 13 heavy (non-hydrogen) atoms. The highest BCUT2D eigenvalue weighted by Crippen LogP contribution is 2.03. The predicted molar refractivity (Wildman–Crippen MR) is 43.4 cm³/mol. The lowest BCUT2D eigenvalue weighted by atomic mass is 10.1. The van der Waals surface area contributed by atoms with E-state index in [0.29, 0.717) is 5.76 Å². The minimum Gasteiger partial charge on any atom is -0.480 e. The van der Waals surface area contributed by atoms with Gasteiger partial charge in [0.25, 0.3) is 5.56 Å². The van der Waals surface area contributed by atoms with Crippen molar-refractivity contribution in [1.29, 1.82) is 0 Å². The average molecular weight is 187 g/mol. The van der Waals surface area contributed by atoms with E-state index in [9.17, 15) is 9.59 Å². The molecule has 4 N–H and O–H groups in total. The van der Waals surface area contributed by atoms with Crippen LogP contribution < -0.4 is 11.3 Å². The zero-order valence-electron chi connectivity index (χ0n) is 7.96. The van der Waals surface area contributed by atoms with Crippen molar-refractivity contribution in [2.24, 2.45) is 5.73 Å². The Morgan fingerprint density at radius 1 is 1.92 bits per heavy atom. The Morgan fingerprint density at radius 2 is 2.62 bits per heavy atom. The molecule has 0 aliphatic rings. The van der Waals surface area contributed by atoms with Crippen LogP contribution in [0.3, 0.4) is 0 Å². The van der Waals surface area contributed by atoms with Gasteiger partial charge in [-0.1, -0.05) is 0 Å². The lowest BCUT2D eigenvalue weighted by Crippen LogP contribution is -2.33. The van der Waals surface area contributed by atoms with Crippen LogP contribution in [-0.4, -0.2) is 22.3 Å². The minimum atomic E-state index is -1.18. The fraction of sp³-hybridized carbons (Fsp3) is 0.429. The van der Waals surface area contributed by atoms with Gasteiger partial charge >= 0.3 is 5.97 Å². The van der Waals surface area contributed by atoms with E-state index in [2.05, 4.69) is 5.16 Å². The molecule has 1 aromatic rings. The number of H-pyrrole nitrogens is 1. The summed E-state index contributed by atoms with van der Waals surface area (Å²) in [6, 6.07) is -1.10. The van der Waals surface area contributed by atoms with Gasteiger partial charge in [-0.05, 0) is 6.92 Å². The van der Waals surface area contributed by atoms with Crippen LogP contribution in [0.5, 0.6) is 0 Å². The summed E-state index contributed by atoms with van der Waals surface area (Å²) in [7, 11) is 0. The topological polar surface area (TPSA) is 109 Å². The van der Waals surface area contributed by atoms with Gasteiger partial charge in [0, 0.05) is 6.42 Å². The molecule has 0 saturated carbocycles. The van der Waals surface area contributed by atoms with E-state index in [-0.39, 0.29) is 12.0 Å². The van der Waals surface area contributed by atoms with Crippen LogP contribution in [0.2, 0.25) is 1.41 Å². The third-order valence-corrected chi connectivity index (χ3v) is 1.70. The number of hydrogen-bond donors (Lipinski definition) is 3. The van der Waals surface area contributed by atoms with Gasteiger partial charge in [-0.25, -0.2) is 0 Å². The molecule has 1 atom stereocenters. The van der Waals surface area contributed by atoms with Crippen LogP contribution in [0.4, 0.5) is 0 Å². The van der Waals surface area contributed by atoms with Gasteiger partial charge in [0.2, 0.25) is 0 Å². The van der Waals surface area contributed by atoms with Crippen LogP contribution >= 0.6 is 0 Å². The smallest absolute Gasteiger partial charge is 0.320 e. The van der Waals surface area contributed by atoms with Crippen molar-refractivity contribution in [1.82, 2.24) is 5.16 Å². The molecule has 1 unspecified atom stereocenters. The molecular weight excluding hydrogens is 176 g/mol. The van der Waals surface area contributed by atoms with Gasteiger partial charge in [-0.3, -0.25) is 9.59 Å². The van der Waals surface area contributed by atoms with Crippen LogP contribution in [0.25, 0.3) is 0 Å². The highest BCUT2D eigenvalue weighted by atomic mass is 16.5. The summed E-state index contributed by atoms with van der Waals surface area (Å²) in [4.78, 5) is 21.6. The normalized spacial score (nSPS) is 13.8. The molecule has 6 nitrogen and oxygen atoms in total. The summed E-state index contributed by atoms with van der Waals surface area (Å²) in [5, 5.41) is 10.7. The Labute approximate surface area is 74.8 Å². The number of nitrogens with one attached hydrogen (secondary N) is 1. The van der Waals surface area contributed by atoms with Gasteiger partial charge in [-0.2, -0.15) is 5.16 Å². The van der Waals surface area contributed by atoms with Gasteiger partial charge < -0.3 is 15.4 Å². The Morgan fingerprint density at radius 3 is 3.00 bits per heavy atom. The Kier molecular flexibility index (Phi) is 2.13. The summed E-state index contributed by atoms with van der Waals surface area (Å²) >= 11 is 0. The van der Waals surface area contributed by atoms with Gasteiger partial charge in [0.1, 0.15) is 13.2 Å². The van der Waals surface area contributed by atoms with E-state index in [1.165, 1.54) is 0 Å². The number of carboxylic acid groups (broad SMARTS) is 1. The first-order chi connectivity index (χ1) is 6.56. The van der Waals surface area contributed by atoms with Crippen LogP contribution in [-0.2, 0) is 11.2 Å². The fourth-order valence-electron chi connectivity index (χ4n) is 0.934. The Bertz CT molecular complexity index is 383. The maximum Gasteiger partial charge on any atom is 0.320 e. The van der Waals surface area contributed by atoms with E-state index in [1.807, 2.05) is 5.73 Å². The molecule has 0 aliphatic heterocycles. The summed E-state index contributed by atoms with van der Waals surface area (Å²) in [5.74, 6) is -0.837. The molecule has 0 amide bonds. The third-order valence-electron chi connectivity index (χ3n) is 1.70. The molecule has 0 radical (unpaired) electrons. The lowest BCUT2D eigenvalue weighted by molar-refractivity contribution is -0.138. The van der Waals surface area contributed by atoms with Crippen molar-refractivity contribution < 1.29 is 15.8 Å². The van der Waals surface area contributed by atoms with E-state index < -0.39 is 17.6 Å². The van der Waals surface area contributed by atoms with E-state index in [0.717, 1.165) is 0 Å². The maximum absolute atomic E-state index is 11.1. The average Bonchev–Trinajstić information content (AvgIpc) is 2.43. The van der Waals surface area contributed by atoms with Gasteiger partial charge in [0.05, 0.1) is 5.56 Å². The monoisotopic (exact) mass is 187 g/mol. The number of nitrogens with two attached hydrogens (primary N) is 1. The molecule has 0 spiro atoms. The van der Waals surface area contributed by atoms with Crippen molar-refractivity contribution in [3.05, 3.63) is 21.7 Å². The molecule has 1 heterocycles. The highest BCUT2D eigenvalue weighted by Gasteiger charge is 2.17. The zero-order valence-corrected chi connectivity index (χ0v) is 6.96. The molecule has 0 saturated heterocycles. The fourth-order valence-corrected chi connectivity index (χ4v) is 0.934. The number of carboxylic acids is 1. The molecule has 1 rings (SSSR count). The Hall–Kier alpha value is -1.56. The van der Waals surface area contributed by atoms with Crippen molar-refractivity contribution in [2.45, 2.75) is 19.4 Å². The summed E-state index contributed by atoms with van der Waals surface area (Å²) in [6.45, 7) is 1.55. The molecule has 0 aromatic carbocycles. The summed E-state index contributed by atoms with van der Waals surface area (Å²) < 4.78 is 11.5. The second-order valence-corrected chi connectivity index (χ2v) is 2.66. The molecule has 0 bridgehead atoms. The Balaban J connectivity index is 2.87. The van der Waals surface area contributed by atoms with E-state index >= 15 is 0 Å². The molecule has 6 heteroatoms. The van der Waals surface area contributed by atoms with Crippen molar-refractivity contribution in [3.8, 4) is 0 Å². The quantitative estimate of drug-likeness (QED) is 0.573. The molecule has 72 valence electrons. The zero-order chi connectivity index (χ0) is 10.7. The van der Waals surface area contributed by atoms with Crippen LogP contribution in [0, 0.1) is 6.92 Å². The standard InChI is InChI=1S/C7H10N2O4/c1-3-4(6(10)9-13-3)2-5(8)7(11)12/h5H,2,8H2,1H3,(H,9,10)(H,11,12)/i/hD. The molecule has 1 aromatic heterocycles. The van der Waals surface area contributed by atoms with Crippen molar-refractivity contribution in [2.75, 3.05) is 0 Å². The van der Waals surface area contributed by atoms with Crippen molar-refractivity contribution in [3.63, 3.8) is 0 Å². The number of carbonyl (C=O) groups is 1. The minimum absolute atomic E-state index is 0.0729. The second kappa shape index (κ2) is 3.44. The number of aryl methyl sites for hydroxylation is 1. The number of aromatic nitrogens is 1. The molecule has 0 aliphatic carbocycles. The summed E-state index contributed by atoms with van der Waals surface area (Å²) in [6.07, 6.45) is -0.0729. The number of hydrogen-bond acceptors (Lipinski definition) is 4. The van der Waals surface area contributed by atoms with Gasteiger partial charge in [-0.15, -0.1) is 0 Å². The molecule has 0 fully saturated rings. The first-order valence-corrected chi connectivity index (χ1v) is 3.63. The van der Waals surface area contributed by atoms with E-state index in [4.69, 9.17) is 11.0 Å². The summed E-state index contributed by atoms with van der Waals surface area (Å²) in [5.41, 5.74) is 1.64. The van der Waals surface area contributed by atoms with Crippen molar-refractivity contribution >= 4 is 5.97 Å². The number of aliphatic carboxylic acids is 1. The third kappa shape index (κ3) is 1.97. The predicted octanol–water partition coefficient (Wildman–Crippen LogP) is -0.769. The van der Waals surface area contributed by atoms with Crippen LogP contribution in [0.15, 0.2) is 9.32 Å². The highest BCUT2D eigenvalue weighted by molar-refractivity contribution is 5.73. The largest absolute Gasteiger partial charge is 0.480 e. The number of aromatic amines is 1. The second-order valence-electron chi connectivity index (χ2n) is 2.66. The van der Waals surface area contributed by atoms with Gasteiger partial charge in [0.15, 0.2) is 0 Å². The maximum atomic E-state index is 11.1. The SMILES string of the molecule is [2H]NC(Cc1c(C)o[nH]c1=O)C(=O)O. The first-order valence-electron chi connectivity index (χ1n) is 4.13. The number of rotatable bonds is 4.